The third-order valence-electron chi connectivity index (χ3n) is 6.86. The predicted molar refractivity (Wildman–Crippen MR) is 130 cm³/mol. The summed E-state index contributed by atoms with van der Waals surface area (Å²) in [5.41, 5.74) is 3.74. The summed E-state index contributed by atoms with van der Waals surface area (Å²) >= 11 is 0. The summed E-state index contributed by atoms with van der Waals surface area (Å²) in [6.45, 7) is 5.83. The Labute approximate surface area is 195 Å². The SMILES string of the molecule is Cc1cc(C(C)c2cc(=O)[nH]c3ccccc23)c2oc(N3CCC(F)(F)CC3)c(C)c(=O)c2c1. The van der Waals surface area contributed by atoms with Gasteiger partial charge in [-0.05, 0) is 37.1 Å². The van der Waals surface area contributed by atoms with Crippen LogP contribution in [-0.4, -0.2) is 24.0 Å². The number of alkyl halides is 2. The number of nitrogens with one attached hydrogen (secondary N) is 1. The lowest BCUT2D eigenvalue weighted by atomic mass is 9.88. The Morgan fingerprint density at radius 3 is 2.44 bits per heavy atom. The van der Waals surface area contributed by atoms with E-state index in [1.807, 2.05) is 44.2 Å². The van der Waals surface area contributed by atoms with Crippen molar-refractivity contribution in [3.8, 4) is 0 Å². The Kier molecular flexibility index (Phi) is 5.30. The van der Waals surface area contributed by atoms with Crippen LogP contribution in [0.3, 0.4) is 0 Å². The van der Waals surface area contributed by atoms with Gasteiger partial charge in [0, 0.05) is 54.4 Å². The van der Waals surface area contributed by atoms with Crippen LogP contribution in [0.5, 0.6) is 0 Å². The molecule has 5 rings (SSSR count). The number of piperidine rings is 1. The number of nitrogens with zero attached hydrogens (tertiary/aromatic N) is 1. The van der Waals surface area contributed by atoms with E-state index in [0.29, 0.717) is 22.4 Å². The van der Waals surface area contributed by atoms with Crippen LogP contribution < -0.4 is 15.9 Å². The van der Waals surface area contributed by atoms with E-state index in [1.54, 1.807) is 24.0 Å². The van der Waals surface area contributed by atoms with Gasteiger partial charge in [-0.3, -0.25) is 9.59 Å². The Morgan fingerprint density at radius 1 is 1.00 bits per heavy atom. The molecule has 0 spiro atoms. The summed E-state index contributed by atoms with van der Waals surface area (Å²) in [6.07, 6.45) is -0.547. The summed E-state index contributed by atoms with van der Waals surface area (Å²) in [5, 5.41) is 1.37. The smallest absolute Gasteiger partial charge is 0.251 e. The summed E-state index contributed by atoms with van der Waals surface area (Å²) in [5.74, 6) is -2.60. The number of aromatic amines is 1. The molecule has 5 nitrogen and oxygen atoms in total. The van der Waals surface area contributed by atoms with E-state index in [4.69, 9.17) is 4.42 Å². The molecule has 1 unspecified atom stereocenters. The zero-order chi connectivity index (χ0) is 24.2. The minimum atomic E-state index is -2.69. The highest BCUT2D eigenvalue weighted by molar-refractivity contribution is 5.87. The first-order valence-corrected chi connectivity index (χ1v) is 11.5. The van der Waals surface area contributed by atoms with Gasteiger partial charge in [-0.25, -0.2) is 8.78 Å². The lowest BCUT2D eigenvalue weighted by molar-refractivity contribution is -0.0225. The van der Waals surface area contributed by atoms with Crippen LogP contribution in [0, 0.1) is 13.8 Å². The first-order chi connectivity index (χ1) is 16.1. The number of benzene rings is 2. The second-order valence-corrected chi connectivity index (χ2v) is 9.29. The number of anilines is 1. The summed E-state index contributed by atoms with van der Waals surface area (Å²) in [6, 6.07) is 12.9. The Hall–Kier alpha value is -3.48. The number of aromatic nitrogens is 1. The van der Waals surface area contributed by atoms with E-state index in [0.717, 1.165) is 27.6 Å². The topological polar surface area (TPSA) is 66.3 Å². The summed E-state index contributed by atoms with van der Waals surface area (Å²) in [7, 11) is 0. The standard InChI is InChI=1S/C27H26F2N2O3/c1-15-12-20(16(2)19-14-23(32)30-22-7-5-4-6-18(19)22)25-21(13-15)24(33)17(3)26(34-25)31-10-8-27(28,29)9-11-31/h4-7,12-14,16H,8-11H2,1-3H3,(H,30,32). The van der Waals surface area contributed by atoms with Gasteiger partial charge in [-0.15, -0.1) is 0 Å². The average Bonchev–Trinajstić information content (AvgIpc) is 2.80. The largest absolute Gasteiger partial charge is 0.440 e. The third kappa shape index (κ3) is 3.79. The third-order valence-corrected chi connectivity index (χ3v) is 6.86. The summed E-state index contributed by atoms with van der Waals surface area (Å²) < 4.78 is 33.8. The van der Waals surface area contributed by atoms with Crippen LogP contribution in [-0.2, 0) is 0 Å². The first kappa shape index (κ1) is 22.3. The number of rotatable bonds is 3. The molecule has 0 saturated carbocycles. The molecule has 176 valence electrons. The molecule has 0 radical (unpaired) electrons. The molecule has 4 aromatic rings. The van der Waals surface area contributed by atoms with E-state index in [1.165, 1.54) is 0 Å². The second kappa shape index (κ2) is 8.08. The van der Waals surface area contributed by atoms with Crippen molar-refractivity contribution in [3.63, 3.8) is 0 Å². The predicted octanol–water partition coefficient (Wildman–Crippen LogP) is 5.64. The van der Waals surface area contributed by atoms with Crippen LogP contribution in [0.15, 0.2) is 56.5 Å². The van der Waals surface area contributed by atoms with Crippen LogP contribution in [0.25, 0.3) is 21.9 Å². The zero-order valence-corrected chi connectivity index (χ0v) is 19.4. The fourth-order valence-electron chi connectivity index (χ4n) is 4.97. The molecular formula is C27H26F2N2O3. The molecule has 7 heteroatoms. The quantitative estimate of drug-likeness (QED) is 0.426. The lowest BCUT2D eigenvalue weighted by Crippen LogP contribution is -2.40. The highest BCUT2D eigenvalue weighted by Gasteiger charge is 2.35. The van der Waals surface area contributed by atoms with Gasteiger partial charge >= 0.3 is 0 Å². The van der Waals surface area contributed by atoms with Crippen molar-refractivity contribution in [1.29, 1.82) is 0 Å². The van der Waals surface area contributed by atoms with E-state index in [2.05, 4.69) is 4.98 Å². The van der Waals surface area contributed by atoms with Crippen molar-refractivity contribution in [2.24, 2.45) is 0 Å². The normalized spacial score (nSPS) is 16.8. The van der Waals surface area contributed by atoms with Crippen molar-refractivity contribution < 1.29 is 13.2 Å². The summed E-state index contributed by atoms with van der Waals surface area (Å²) in [4.78, 5) is 30.3. The molecule has 1 saturated heterocycles. The van der Waals surface area contributed by atoms with Crippen molar-refractivity contribution in [2.45, 2.75) is 45.5 Å². The van der Waals surface area contributed by atoms with Gasteiger partial charge in [0.15, 0.2) is 5.43 Å². The van der Waals surface area contributed by atoms with E-state index < -0.39 is 5.92 Å². The van der Waals surface area contributed by atoms with Crippen LogP contribution in [0.2, 0.25) is 0 Å². The highest BCUT2D eigenvalue weighted by atomic mass is 19.3. The number of hydrogen-bond donors (Lipinski definition) is 1. The van der Waals surface area contributed by atoms with Gasteiger partial charge in [0.2, 0.25) is 11.4 Å². The van der Waals surface area contributed by atoms with Crippen molar-refractivity contribution in [1.82, 2.24) is 4.98 Å². The monoisotopic (exact) mass is 464 g/mol. The van der Waals surface area contributed by atoms with Gasteiger partial charge in [0.25, 0.3) is 5.92 Å². The fraction of sp³-hybridized carbons (Fsp3) is 0.333. The van der Waals surface area contributed by atoms with E-state index >= 15 is 0 Å². The molecular weight excluding hydrogens is 438 g/mol. The molecule has 1 atom stereocenters. The molecule has 2 aromatic carbocycles. The van der Waals surface area contributed by atoms with Gasteiger partial charge in [-0.2, -0.15) is 0 Å². The van der Waals surface area contributed by atoms with Crippen molar-refractivity contribution >= 4 is 27.8 Å². The van der Waals surface area contributed by atoms with E-state index in [-0.39, 0.29) is 42.8 Å². The van der Waals surface area contributed by atoms with Gasteiger partial charge in [0.05, 0.1) is 10.9 Å². The number of fused-ring (bicyclic) bond motifs is 2. The first-order valence-electron chi connectivity index (χ1n) is 11.5. The number of para-hydroxylation sites is 1. The molecule has 2 aromatic heterocycles. The zero-order valence-electron chi connectivity index (χ0n) is 19.4. The van der Waals surface area contributed by atoms with Crippen molar-refractivity contribution in [3.05, 3.63) is 85.3 Å². The Bertz CT molecular complexity index is 1530. The second-order valence-electron chi connectivity index (χ2n) is 9.29. The van der Waals surface area contributed by atoms with Crippen LogP contribution in [0.1, 0.15) is 47.9 Å². The van der Waals surface area contributed by atoms with Crippen LogP contribution >= 0.6 is 0 Å². The number of halogens is 2. The average molecular weight is 465 g/mol. The molecule has 0 aliphatic carbocycles. The van der Waals surface area contributed by atoms with Gasteiger partial charge < -0.3 is 14.3 Å². The van der Waals surface area contributed by atoms with Crippen molar-refractivity contribution in [2.75, 3.05) is 18.0 Å². The maximum atomic E-state index is 13.7. The molecule has 34 heavy (non-hydrogen) atoms. The van der Waals surface area contributed by atoms with Gasteiger partial charge in [-0.1, -0.05) is 31.2 Å². The molecule has 1 N–H and O–H groups in total. The van der Waals surface area contributed by atoms with Crippen LogP contribution in [0.4, 0.5) is 14.7 Å². The number of aryl methyl sites for hydroxylation is 1. The Balaban J connectivity index is 1.71. The number of pyridine rings is 1. The fourth-order valence-corrected chi connectivity index (χ4v) is 4.97. The van der Waals surface area contributed by atoms with Gasteiger partial charge in [0.1, 0.15) is 5.58 Å². The molecule has 0 amide bonds. The molecule has 0 bridgehead atoms. The maximum absolute atomic E-state index is 13.7. The molecule has 1 aliphatic rings. The minimum absolute atomic E-state index is 0.123. The molecule has 1 aliphatic heterocycles. The van der Waals surface area contributed by atoms with E-state index in [9.17, 15) is 18.4 Å². The maximum Gasteiger partial charge on any atom is 0.251 e. The number of H-pyrrole nitrogens is 1. The lowest BCUT2D eigenvalue weighted by Gasteiger charge is -2.33. The molecule has 3 heterocycles. The Morgan fingerprint density at radius 2 is 1.71 bits per heavy atom. The highest BCUT2D eigenvalue weighted by Crippen LogP contribution is 2.37. The minimum Gasteiger partial charge on any atom is -0.440 e. The molecule has 1 fully saturated rings. The number of hydrogen-bond acceptors (Lipinski definition) is 4.